The fraction of sp³-hybridized carbons (Fsp3) is 0.400. The Morgan fingerprint density at radius 3 is 2.70 bits per heavy atom. The molecule has 0 radical (unpaired) electrons. The highest BCUT2D eigenvalue weighted by molar-refractivity contribution is 5.93. The summed E-state index contributed by atoms with van der Waals surface area (Å²) in [6.07, 6.45) is 5.27. The number of anilines is 1. The number of hydrogen-bond acceptors (Lipinski definition) is 4. The van der Waals surface area contributed by atoms with Crippen LogP contribution in [0.3, 0.4) is 0 Å². The Hall–Kier alpha value is -1.82. The van der Waals surface area contributed by atoms with Gasteiger partial charge in [-0.3, -0.25) is 4.79 Å². The van der Waals surface area contributed by atoms with E-state index >= 15 is 0 Å². The number of carbonyl (C=O) groups is 1. The summed E-state index contributed by atoms with van der Waals surface area (Å²) in [7, 11) is 0. The minimum Gasteiger partial charge on any atom is -0.437 e. The van der Waals surface area contributed by atoms with Gasteiger partial charge in [-0.2, -0.15) is 0 Å². The van der Waals surface area contributed by atoms with E-state index in [2.05, 4.69) is 10.3 Å². The molecular weight excluding hydrogens is 385 g/mol. The fourth-order valence-electron chi connectivity index (χ4n) is 3.21. The number of nitrogens with two attached hydrogens (primary N) is 1. The summed E-state index contributed by atoms with van der Waals surface area (Å²) >= 11 is 0. The number of nitrogens with one attached hydrogen (secondary N) is 1. The zero-order chi connectivity index (χ0) is 17.8. The van der Waals surface area contributed by atoms with Gasteiger partial charge in [-0.05, 0) is 62.4 Å². The maximum absolute atomic E-state index is 12.6. The number of nitrogens with zero attached hydrogens (tertiary/aromatic N) is 1. The van der Waals surface area contributed by atoms with Crippen LogP contribution in [-0.2, 0) is 4.79 Å². The molecule has 1 aromatic carbocycles. The zero-order valence-corrected chi connectivity index (χ0v) is 17.2. The number of rotatable bonds is 4. The Morgan fingerprint density at radius 2 is 1.96 bits per heavy atom. The van der Waals surface area contributed by atoms with Gasteiger partial charge in [0.05, 0.1) is 0 Å². The highest BCUT2D eigenvalue weighted by Crippen LogP contribution is 2.31. The molecule has 148 valence electrons. The molecule has 1 saturated carbocycles. The Labute approximate surface area is 172 Å². The molecule has 5 nitrogen and oxygen atoms in total. The minimum atomic E-state index is -0.0440. The second-order valence-corrected chi connectivity index (χ2v) is 6.77. The predicted octanol–water partition coefficient (Wildman–Crippen LogP) is 4.79. The number of hydrogen-bond donors (Lipinski definition) is 2. The van der Waals surface area contributed by atoms with Crippen LogP contribution in [0.4, 0.5) is 5.69 Å². The van der Waals surface area contributed by atoms with Crippen LogP contribution < -0.4 is 15.8 Å². The van der Waals surface area contributed by atoms with E-state index in [0.29, 0.717) is 11.6 Å². The van der Waals surface area contributed by atoms with Crippen molar-refractivity contribution in [2.24, 2.45) is 11.7 Å². The van der Waals surface area contributed by atoms with Gasteiger partial charge in [-0.25, -0.2) is 4.98 Å². The van der Waals surface area contributed by atoms with E-state index in [-0.39, 0.29) is 42.7 Å². The highest BCUT2D eigenvalue weighted by atomic mass is 35.5. The van der Waals surface area contributed by atoms with Crippen molar-refractivity contribution in [3.63, 3.8) is 0 Å². The molecule has 1 aliphatic carbocycles. The molecule has 2 atom stereocenters. The lowest BCUT2D eigenvalue weighted by Crippen LogP contribution is -2.34. The van der Waals surface area contributed by atoms with Gasteiger partial charge in [-0.15, -0.1) is 24.8 Å². The Kier molecular flexibility index (Phi) is 9.03. The molecule has 27 heavy (non-hydrogen) atoms. The van der Waals surface area contributed by atoms with Gasteiger partial charge in [0.2, 0.25) is 11.8 Å². The molecule has 1 fully saturated rings. The largest absolute Gasteiger partial charge is 0.437 e. The number of aryl methyl sites for hydroxylation is 1. The van der Waals surface area contributed by atoms with Crippen LogP contribution >= 0.6 is 24.8 Å². The third-order valence-electron chi connectivity index (χ3n) is 4.88. The smallest absolute Gasteiger partial charge is 0.243 e. The zero-order valence-electron chi connectivity index (χ0n) is 15.6. The number of aromatic nitrogens is 1. The third kappa shape index (κ3) is 5.83. The summed E-state index contributed by atoms with van der Waals surface area (Å²) in [6.45, 7) is 4.05. The first-order valence-corrected chi connectivity index (χ1v) is 8.80. The van der Waals surface area contributed by atoms with E-state index in [9.17, 15) is 4.79 Å². The highest BCUT2D eigenvalue weighted by Gasteiger charge is 2.26. The van der Waals surface area contributed by atoms with E-state index in [1.807, 2.05) is 38.1 Å². The Balaban J connectivity index is 0.00000182. The van der Waals surface area contributed by atoms with E-state index in [1.54, 1.807) is 12.3 Å². The van der Waals surface area contributed by atoms with E-state index in [4.69, 9.17) is 10.5 Å². The summed E-state index contributed by atoms with van der Waals surface area (Å²) in [5, 5.41) is 2.97. The monoisotopic (exact) mass is 411 g/mol. The topological polar surface area (TPSA) is 77.2 Å². The van der Waals surface area contributed by atoms with E-state index < -0.39 is 0 Å². The molecule has 1 amide bonds. The van der Waals surface area contributed by atoms with Gasteiger partial charge in [0.25, 0.3) is 0 Å². The van der Waals surface area contributed by atoms with Crippen molar-refractivity contribution < 1.29 is 9.53 Å². The molecule has 3 N–H and O–H groups in total. The Morgan fingerprint density at radius 1 is 1.19 bits per heavy atom. The molecule has 1 aromatic heterocycles. The molecule has 2 unspecified atom stereocenters. The normalized spacial score (nSPS) is 18.6. The lowest BCUT2D eigenvalue weighted by molar-refractivity contribution is -0.120. The molecular formula is C20H27Cl2N3O2. The van der Waals surface area contributed by atoms with Crippen molar-refractivity contribution >= 4 is 36.4 Å². The van der Waals surface area contributed by atoms with Gasteiger partial charge >= 0.3 is 0 Å². The molecule has 0 saturated heterocycles. The lowest BCUT2D eigenvalue weighted by atomic mass is 9.85. The first-order valence-electron chi connectivity index (χ1n) is 8.80. The fourth-order valence-corrected chi connectivity index (χ4v) is 3.21. The summed E-state index contributed by atoms with van der Waals surface area (Å²) < 4.78 is 5.98. The summed E-state index contributed by atoms with van der Waals surface area (Å²) in [5.74, 6) is 1.10. The van der Waals surface area contributed by atoms with Crippen LogP contribution in [0.1, 0.15) is 36.8 Å². The number of pyridine rings is 1. The van der Waals surface area contributed by atoms with Crippen LogP contribution in [0.25, 0.3) is 0 Å². The first kappa shape index (κ1) is 23.2. The van der Waals surface area contributed by atoms with E-state index in [1.165, 1.54) is 0 Å². The predicted molar refractivity (Wildman–Crippen MR) is 113 cm³/mol. The molecule has 1 aliphatic rings. The number of ether oxygens (including phenoxy) is 1. The van der Waals surface area contributed by atoms with Gasteiger partial charge in [0, 0.05) is 18.2 Å². The molecule has 0 bridgehead atoms. The van der Waals surface area contributed by atoms with Crippen LogP contribution in [0.15, 0.2) is 36.5 Å². The second-order valence-electron chi connectivity index (χ2n) is 6.77. The average Bonchev–Trinajstić information content (AvgIpc) is 2.60. The van der Waals surface area contributed by atoms with Crippen molar-refractivity contribution in [1.29, 1.82) is 0 Å². The molecule has 7 heteroatoms. The maximum Gasteiger partial charge on any atom is 0.243 e. The van der Waals surface area contributed by atoms with Gasteiger partial charge in [0.15, 0.2) is 0 Å². The first-order chi connectivity index (χ1) is 12.0. The quantitative estimate of drug-likeness (QED) is 0.757. The second kappa shape index (κ2) is 10.5. The summed E-state index contributed by atoms with van der Waals surface area (Å²) in [4.78, 5) is 16.9. The Bertz CT molecular complexity index is 771. The van der Waals surface area contributed by atoms with Crippen molar-refractivity contribution in [3.8, 4) is 11.6 Å². The minimum absolute atomic E-state index is 0. The standard InChI is InChI=1S/C20H25N3O2.2ClH/c1-13-6-3-10-18(14(13)2)25-20-17(9-5-11-22-20)23-19(24)15-7-4-8-16(21)12-15;;/h3,5-6,9-11,15-16H,4,7-8,12,21H2,1-2H3,(H,23,24);2*1H. The van der Waals surface area contributed by atoms with Crippen LogP contribution in [0.5, 0.6) is 11.6 Å². The molecule has 0 aliphatic heterocycles. The lowest BCUT2D eigenvalue weighted by Gasteiger charge is -2.25. The number of amides is 1. The van der Waals surface area contributed by atoms with Gasteiger partial charge < -0.3 is 15.8 Å². The summed E-state index contributed by atoms with van der Waals surface area (Å²) in [5.41, 5.74) is 8.80. The number of benzene rings is 1. The molecule has 2 aromatic rings. The molecule has 0 spiro atoms. The number of halogens is 2. The van der Waals surface area contributed by atoms with Crippen molar-refractivity contribution in [2.75, 3.05) is 5.32 Å². The summed E-state index contributed by atoms with van der Waals surface area (Å²) in [6, 6.07) is 9.61. The van der Waals surface area contributed by atoms with Crippen molar-refractivity contribution in [2.45, 2.75) is 45.6 Å². The van der Waals surface area contributed by atoms with Crippen LogP contribution in [0, 0.1) is 19.8 Å². The SMILES string of the molecule is Cc1cccc(Oc2ncccc2NC(=O)C2CCCC(N)C2)c1C.Cl.Cl. The van der Waals surface area contributed by atoms with Crippen LogP contribution in [-0.4, -0.2) is 16.9 Å². The number of carbonyl (C=O) groups excluding carboxylic acids is 1. The van der Waals surface area contributed by atoms with Crippen LogP contribution in [0.2, 0.25) is 0 Å². The molecule has 1 heterocycles. The third-order valence-corrected chi connectivity index (χ3v) is 4.88. The molecule has 3 rings (SSSR count). The average molecular weight is 412 g/mol. The van der Waals surface area contributed by atoms with Crippen molar-refractivity contribution in [1.82, 2.24) is 4.98 Å². The van der Waals surface area contributed by atoms with Gasteiger partial charge in [-0.1, -0.05) is 18.6 Å². The van der Waals surface area contributed by atoms with Crippen molar-refractivity contribution in [3.05, 3.63) is 47.7 Å². The van der Waals surface area contributed by atoms with Gasteiger partial charge in [0.1, 0.15) is 11.4 Å². The van der Waals surface area contributed by atoms with E-state index in [0.717, 1.165) is 42.6 Å². The maximum atomic E-state index is 12.6.